The maximum absolute atomic E-state index is 7.00. The molecule has 10 heavy (non-hydrogen) atoms. The summed E-state index contributed by atoms with van der Waals surface area (Å²) in [7, 11) is 1.00. The summed E-state index contributed by atoms with van der Waals surface area (Å²) in [6.07, 6.45) is 0. The maximum atomic E-state index is 7.00. The Morgan fingerprint density at radius 1 is 1.10 bits per heavy atom. The molecule has 3 heteroatoms. The molecule has 1 aromatic carbocycles. The van der Waals surface area contributed by atoms with E-state index in [1.807, 2.05) is 30.3 Å². The largest absolute Gasteiger partial charge is 0.400 e. The molecule has 0 spiro atoms. The van der Waals surface area contributed by atoms with Crippen molar-refractivity contribution in [3.8, 4) is 0 Å². The minimum Gasteiger partial charge on any atom is -0.400 e. The summed E-state index contributed by atoms with van der Waals surface area (Å²) in [5, 5.41) is 7.00. The molecule has 0 atom stereocenters. The van der Waals surface area contributed by atoms with Gasteiger partial charge in [-0.2, -0.15) is 0 Å². The highest BCUT2D eigenvalue weighted by atomic mass is 32.1. The lowest BCUT2D eigenvalue weighted by atomic mass is 10.4. The number of aliphatic hydroxyl groups is 1. The zero-order chi connectivity index (χ0) is 7.11. The van der Waals surface area contributed by atoms with Crippen molar-refractivity contribution in [3.63, 3.8) is 0 Å². The minimum absolute atomic E-state index is 0. The molecule has 0 aromatic heterocycles. The van der Waals surface area contributed by atoms with Crippen LogP contribution in [0.3, 0.4) is 0 Å². The van der Waals surface area contributed by atoms with E-state index in [-0.39, 0.29) is 6.15 Å². The van der Waals surface area contributed by atoms with Gasteiger partial charge in [-0.1, -0.05) is 18.2 Å². The summed E-state index contributed by atoms with van der Waals surface area (Å²) in [6, 6.07) is 9.79. The molecule has 0 amide bonds. The Morgan fingerprint density at radius 3 is 1.70 bits per heavy atom. The minimum atomic E-state index is 0. The molecule has 0 aliphatic carbocycles. The van der Waals surface area contributed by atoms with E-state index >= 15 is 0 Å². The van der Waals surface area contributed by atoms with Crippen molar-refractivity contribution in [3.05, 3.63) is 30.3 Å². The highest BCUT2D eigenvalue weighted by Crippen LogP contribution is 2.00. The van der Waals surface area contributed by atoms with Gasteiger partial charge in [-0.15, -0.1) is 12.6 Å². The molecule has 0 saturated carbocycles. The molecule has 0 unspecified atom stereocenters. The van der Waals surface area contributed by atoms with E-state index in [1.165, 1.54) is 0 Å². The Labute approximate surface area is 66.9 Å². The van der Waals surface area contributed by atoms with E-state index in [0.29, 0.717) is 0 Å². The highest BCUT2D eigenvalue weighted by molar-refractivity contribution is 7.80. The second kappa shape index (κ2) is 8.49. The Balaban J connectivity index is 0. The molecule has 0 bridgehead atoms. The fraction of sp³-hybridized carbons (Fsp3) is 0.143. The van der Waals surface area contributed by atoms with E-state index in [1.54, 1.807) is 0 Å². The standard InChI is InChI=1S/C6H6S.CH4O.H3N/c7-6-4-2-1-3-5-6;1-2;/h1-5,7H;2H,1H3;1H3. The summed E-state index contributed by atoms with van der Waals surface area (Å²) in [5.41, 5.74) is 0. The van der Waals surface area contributed by atoms with Gasteiger partial charge in [0.1, 0.15) is 0 Å². The van der Waals surface area contributed by atoms with Crippen LogP contribution in [0, 0.1) is 0 Å². The first-order valence-corrected chi connectivity index (χ1v) is 3.03. The van der Waals surface area contributed by atoms with E-state index < -0.39 is 0 Å². The van der Waals surface area contributed by atoms with Crippen LogP contribution in [0.1, 0.15) is 0 Å². The number of thiol groups is 1. The Hall–Kier alpha value is -0.510. The van der Waals surface area contributed by atoms with Crippen LogP contribution in [0.4, 0.5) is 0 Å². The van der Waals surface area contributed by atoms with Crippen molar-refractivity contribution in [2.75, 3.05) is 7.11 Å². The molecular formula is C7H13NOS. The third-order valence-corrected chi connectivity index (χ3v) is 1.05. The smallest absolute Gasteiger partial charge is 0.0319 e. The van der Waals surface area contributed by atoms with Crippen LogP contribution in [0.2, 0.25) is 0 Å². The lowest BCUT2D eigenvalue weighted by Crippen LogP contribution is -1.56. The van der Waals surface area contributed by atoms with Gasteiger partial charge in [-0.05, 0) is 12.1 Å². The molecular weight excluding hydrogens is 146 g/mol. The average Bonchev–Trinajstić information content (AvgIpc) is 1.94. The predicted octanol–water partition coefficient (Wildman–Crippen LogP) is 1.75. The number of aliphatic hydroxyl groups excluding tert-OH is 1. The molecule has 0 heterocycles. The van der Waals surface area contributed by atoms with Crippen molar-refractivity contribution in [2.24, 2.45) is 0 Å². The molecule has 0 saturated heterocycles. The summed E-state index contributed by atoms with van der Waals surface area (Å²) >= 11 is 4.08. The van der Waals surface area contributed by atoms with Gasteiger partial charge < -0.3 is 11.3 Å². The van der Waals surface area contributed by atoms with E-state index in [9.17, 15) is 0 Å². The van der Waals surface area contributed by atoms with Crippen molar-refractivity contribution in [1.82, 2.24) is 6.15 Å². The van der Waals surface area contributed by atoms with Gasteiger partial charge in [0.25, 0.3) is 0 Å². The molecule has 0 fully saturated rings. The van der Waals surface area contributed by atoms with Crippen LogP contribution in [-0.4, -0.2) is 12.2 Å². The van der Waals surface area contributed by atoms with Gasteiger partial charge in [0.15, 0.2) is 0 Å². The molecule has 0 radical (unpaired) electrons. The SMILES string of the molecule is CO.N.Sc1ccccc1. The van der Waals surface area contributed by atoms with E-state index in [4.69, 9.17) is 5.11 Å². The lowest BCUT2D eigenvalue weighted by molar-refractivity contribution is 0.399. The zero-order valence-corrected chi connectivity index (χ0v) is 6.88. The fourth-order valence-corrected chi connectivity index (χ4v) is 0.600. The normalized spacial score (nSPS) is 6.70. The van der Waals surface area contributed by atoms with Crippen LogP contribution < -0.4 is 6.15 Å². The van der Waals surface area contributed by atoms with Gasteiger partial charge in [-0.25, -0.2) is 0 Å². The second-order valence-electron chi connectivity index (χ2n) is 1.34. The summed E-state index contributed by atoms with van der Waals surface area (Å²) in [6.45, 7) is 0. The van der Waals surface area contributed by atoms with Gasteiger partial charge in [0.05, 0.1) is 0 Å². The molecule has 0 aliphatic rings. The number of hydrogen-bond donors (Lipinski definition) is 3. The molecule has 4 N–H and O–H groups in total. The predicted molar refractivity (Wildman–Crippen MR) is 46.9 cm³/mol. The van der Waals surface area contributed by atoms with Crippen LogP contribution in [0.15, 0.2) is 35.2 Å². The quantitative estimate of drug-likeness (QED) is 0.505. The van der Waals surface area contributed by atoms with Gasteiger partial charge >= 0.3 is 0 Å². The van der Waals surface area contributed by atoms with Crippen molar-refractivity contribution >= 4 is 12.6 Å². The van der Waals surface area contributed by atoms with Crippen molar-refractivity contribution < 1.29 is 5.11 Å². The van der Waals surface area contributed by atoms with Crippen molar-refractivity contribution in [1.29, 1.82) is 0 Å². The van der Waals surface area contributed by atoms with Gasteiger partial charge in [0, 0.05) is 12.0 Å². The first kappa shape index (κ1) is 12.2. The first-order valence-electron chi connectivity index (χ1n) is 2.58. The number of rotatable bonds is 0. The molecule has 1 rings (SSSR count). The Kier molecular flexibility index (Phi) is 10.4. The topological polar surface area (TPSA) is 55.2 Å². The Bertz CT molecular complexity index is 144. The molecule has 2 nitrogen and oxygen atoms in total. The summed E-state index contributed by atoms with van der Waals surface area (Å²) in [4.78, 5) is 1.02. The lowest BCUT2D eigenvalue weighted by Gasteiger charge is -1.81. The third-order valence-electron chi connectivity index (χ3n) is 0.756. The van der Waals surface area contributed by atoms with Gasteiger partial charge in [-0.3, -0.25) is 0 Å². The van der Waals surface area contributed by atoms with E-state index in [0.717, 1.165) is 12.0 Å². The van der Waals surface area contributed by atoms with Crippen LogP contribution in [-0.2, 0) is 0 Å². The molecule has 1 aromatic rings. The summed E-state index contributed by atoms with van der Waals surface area (Å²) in [5.74, 6) is 0. The second-order valence-corrected chi connectivity index (χ2v) is 1.85. The van der Waals surface area contributed by atoms with Gasteiger partial charge in [0.2, 0.25) is 0 Å². The maximum Gasteiger partial charge on any atom is 0.0319 e. The fourth-order valence-electron chi connectivity index (χ4n) is 0.428. The molecule has 0 aliphatic heterocycles. The van der Waals surface area contributed by atoms with Crippen LogP contribution >= 0.6 is 12.6 Å². The third kappa shape index (κ3) is 5.62. The number of benzene rings is 1. The average molecular weight is 159 g/mol. The monoisotopic (exact) mass is 159 g/mol. The first-order chi connectivity index (χ1) is 4.39. The van der Waals surface area contributed by atoms with Crippen molar-refractivity contribution in [2.45, 2.75) is 4.90 Å². The zero-order valence-electron chi connectivity index (χ0n) is 5.99. The van der Waals surface area contributed by atoms with Crippen LogP contribution in [0.25, 0.3) is 0 Å². The van der Waals surface area contributed by atoms with Crippen LogP contribution in [0.5, 0.6) is 0 Å². The van der Waals surface area contributed by atoms with E-state index in [2.05, 4.69) is 12.6 Å². The Morgan fingerprint density at radius 2 is 1.50 bits per heavy atom. The summed E-state index contributed by atoms with van der Waals surface area (Å²) < 4.78 is 0. The highest BCUT2D eigenvalue weighted by Gasteiger charge is 1.73. The number of hydrogen-bond acceptors (Lipinski definition) is 3. The molecule has 58 valence electrons.